The van der Waals surface area contributed by atoms with Gasteiger partial charge in [-0.2, -0.15) is 0 Å². The summed E-state index contributed by atoms with van der Waals surface area (Å²) in [6.45, 7) is 6.21. The van der Waals surface area contributed by atoms with Gasteiger partial charge in [-0.1, -0.05) is 13.8 Å². The van der Waals surface area contributed by atoms with Crippen molar-refractivity contribution in [2.24, 2.45) is 23.7 Å². The highest BCUT2D eigenvalue weighted by Crippen LogP contribution is 2.45. The maximum absolute atomic E-state index is 11.0. The molecule has 92 valence electrons. The van der Waals surface area contributed by atoms with Crippen LogP contribution in [0.25, 0.3) is 0 Å². The fourth-order valence-corrected chi connectivity index (χ4v) is 3.72. The molecule has 0 N–H and O–H groups in total. The van der Waals surface area contributed by atoms with Gasteiger partial charge in [0.2, 0.25) is 0 Å². The molecule has 0 radical (unpaired) electrons. The molecule has 16 heavy (non-hydrogen) atoms. The highest BCUT2D eigenvalue weighted by Gasteiger charge is 2.37. The minimum Gasteiger partial charge on any atom is -0.463 e. The molecular formula is C14H24O2. The van der Waals surface area contributed by atoms with E-state index in [-0.39, 0.29) is 12.1 Å². The molecule has 2 bridgehead atoms. The zero-order valence-electron chi connectivity index (χ0n) is 10.7. The Balaban J connectivity index is 1.92. The van der Waals surface area contributed by atoms with Crippen molar-refractivity contribution in [2.45, 2.75) is 59.0 Å². The number of carbonyl (C=O) groups excluding carboxylic acids is 1. The van der Waals surface area contributed by atoms with Gasteiger partial charge in [0, 0.05) is 6.92 Å². The summed E-state index contributed by atoms with van der Waals surface area (Å²) in [6.07, 6.45) is 6.52. The molecule has 2 nitrogen and oxygen atoms in total. The molecule has 2 heteroatoms. The lowest BCUT2D eigenvalue weighted by Crippen LogP contribution is -2.36. The number of carbonyl (C=O) groups is 1. The van der Waals surface area contributed by atoms with Crippen molar-refractivity contribution >= 4 is 5.97 Å². The van der Waals surface area contributed by atoms with Gasteiger partial charge in [-0.3, -0.25) is 4.79 Å². The lowest BCUT2D eigenvalue weighted by atomic mass is 9.65. The molecule has 2 saturated carbocycles. The summed E-state index contributed by atoms with van der Waals surface area (Å²) in [5, 5.41) is 0. The Hall–Kier alpha value is -0.530. The molecule has 0 heterocycles. The van der Waals surface area contributed by atoms with Gasteiger partial charge in [0.25, 0.3) is 0 Å². The normalized spacial score (nSPS) is 38.5. The van der Waals surface area contributed by atoms with Crippen LogP contribution in [0.2, 0.25) is 0 Å². The molecule has 0 spiro atoms. The maximum Gasteiger partial charge on any atom is 0.302 e. The highest BCUT2D eigenvalue weighted by molar-refractivity contribution is 5.66. The second-order valence-electron chi connectivity index (χ2n) is 6.15. The van der Waals surface area contributed by atoms with Crippen LogP contribution < -0.4 is 0 Å². The van der Waals surface area contributed by atoms with Crippen LogP contribution in [0, 0.1) is 23.7 Å². The summed E-state index contributed by atoms with van der Waals surface area (Å²) in [7, 11) is 0. The molecule has 0 saturated heterocycles. The fraction of sp³-hybridized carbons (Fsp3) is 0.929. The van der Waals surface area contributed by atoms with E-state index in [1.54, 1.807) is 0 Å². The summed E-state index contributed by atoms with van der Waals surface area (Å²) in [6, 6.07) is 0. The summed E-state index contributed by atoms with van der Waals surface area (Å²) in [4.78, 5) is 11.0. The molecule has 2 fully saturated rings. The Kier molecular flexibility index (Phi) is 3.56. The molecule has 2 unspecified atom stereocenters. The van der Waals surface area contributed by atoms with E-state index in [4.69, 9.17) is 4.74 Å². The van der Waals surface area contributed by atoms with Crippen molar-refractivity contribution in [2.75, 3.05) is 0 Å². The first-order valence-electron chi connectivity index (χ1n) is 6.71. The second-order valence-corrected chi connectivity index (χ2v) is 6.15. The first-order valence-corrected chi connectivity index (χ1v) is 6.71. The van der Waals surface area contributed by atoms with Gasteiger partial charge in [0.1, 0.15) is 6.10 Å². The van der Waals surface area contributed by atoms with E-state index in [1.807, 2.05) is 0 Å². The van der Waals surface area contributed by atoms with E-state index in [0.29, 0.717) is 0 Å². The second kappa shape index (κ2) is 4.77. The topological polar surface area (TPSA) is 26.3 Å². The van der Waals surface area contributed by atoms with Crippen molar-refractivity contribution in [1.82, 2.24) is 0 Å². The monoisotopic (exact) mass is 224 g/mol. The number of fused-ring (bicyclic) bond motifs is 2. The van der Waals surface area contributed by atoms with Crippen LogP contribution in [0.5, 0.6) is 0 Å². The lowest BCUT2D eigenvalue weighted by Gasteiger charge is -2.43. The van der Waals surface area contributed by atoms with Crippen molar-refractivity contribution in [1.29, 1.82) is 0 Å². The summed E-state index contributed by atoms with van der Waals surface area (Å²) in [5.41, 5.74) is 0. The molecule has 2 rings (SSSR count). The number of esters is 1. The predicted octanol–water partition coefficient (Wildman–Crippen LogP) is 3.40. The SMILES string of the molecule is CC(=O)OC1CC2CC(C1)CC(C(C)C)C2. The first-order chi connectivity index (χ1) is 7.54. The van der Waals surface area contributed by atoms with Gasteiger partial charge in [-0.25, -0.2) is 0 Å². The molecule has 0 amide bonds. The van der Waals surface area contributed by atoms with E-state index >= 15 is 0 Å². The standard InChI is InChI=1S/C14H24O2/c1-9(2)13-5-11-4-12(6-13)8-14(7-11)16-10(3)15/h9,11-14H,4-8H2,1-3H3. The van der Waals surface area contributed by atoms with Crippen molar-refractivity contribution in [3.63, 3.8) is 0 Å². The van der Waals surface area contributed by atoms with Crippen LogP contribution in [0.4, 0.5) is 0 Å². The Morgan fingerprint density at radius 3 is 2.06 bits per heavy atom. The van der Waals surface area contributed by atoms with Gasteiger partial charge in [0.05, 0.1) is 0 Å². The minimum atomic E-state index is -0.106. The summed E-state index contributed by atoms with van der Waals surface area (Å²) < 4.78 is 5.38. The van der Waals surface area contributed by atoms with Crippen LogP contribution in [0.3, 0.4) is 0 Å². The number of rotatable bonds is 2. The lowest BCUT2D eigenvalue weighted by molar-refractivity contribution is -0.150. The van der Waals surface area contributed by atoms with Crippen LogP contribution in [0.1, 0.15) is 52.9 Å². The highest BCUT2D eigenvalue weighted by atomic mass is 16.5. The Labute approximate surface area is 98.7 Å². The number of hydrogen-bond acceptors (Lipinski definition) is 2. The zero-order valence-corrected chi connectivity index (χ0v) is 10.7. The van der Waals surface area contributed by atoms with E-state index in [0.717, 1.165) is 36.5 Å². The Bertz CT molecular complexity index is 245. The third kappa shape index (κ3) is 2.78. The van der Waals surface area contributed by atoms with E-state index in [1.165, 1.54) is 26.2 Å². The first kappa shape index (κ1) is 11.9. The van der Waals surface area contributed by atoms with Gasteiger partial charge >= 0.3 is 5.97 Å². The Morgan fingerprint density at radius 1 is 1.06 bits per heavy atom. The smallest absolute Gasteiger partial charge is 0.302 e. The molecule has 0 aromatic heterocycles. The van der Waals surface area contributed by atoms with Gasteiger partial charge in [-0.05, 0) is 55.8 Å². The van der Waals surface area contributed by atoms with Crippen molar-refractivity contribution < 1.29 is 9.53 Å². The molecule has 0 aliphatic heterocycles. The zero-order chi connectivity index (χ0) is 11.7. The van der Waals surface area contributed by atoms with Gasteiger partial charge in [0.15, 0.2) is 0 Å². The van der Waals surface area contributed by atoms with Crippen molar-refractivity contribution in [3.05, 3.63) is 0 Å². The molecule has 2 atom stereocenters. The summed E-state index contributed by atoms with van der Waals surface area (Å²) in [5.74, 6) is 3.23. The predicted molar refractivity (Wildman–Crippen MR) is 63.9 cm³/mol. The van der Waals surface area contributed by atoms with Gasteiger partial charge < -0.3 is 4.74 Å². The third-order valence-electron chi connectivity index (χ3n) is 4.41. The van der Waals surface area contributed by atoms with Gasteiger partial charge in [-0.15, -0.1) is 0 Å². The molecular weight excluding hydrogens is 200 g/mol. The molecule has 2 aliphatic carbocycles. The fourth-order valence-electron chi connectivity index (χ4n) is 3.72. The molecule has 2 aliphatic rings. The average molecular weight is 224 g/mol. The third-order valence-corrected chi connectivity index (χ3v) is 4.41. The van der Waals surface area contributed by atoms with E-state index in [9.17, 15) is 4.79 Å². The maximum atomic E-state index is 11.0. The molecule has 0 aromatic carbocycles. The van der Waals surface area contributed by atoms with Crippen LogP contribution in [-0.4, -0.2) is 12.1 Å². The van der Waals surface area contributed by atoms with Crippen LogP contribution >= 0.6 is 0 Å². The largest absolute Gasteiger partial charge is 0.463 e. The molecule has 0 aromatic rings. The van der Waals surface area contributed by atoms with Crippen LogP contribution in [-0.2, 0) is 9.53 Å². The minimum absolute atomic E-state index is 0.106. The quantitative estimate of drug-likeness (QED) is 0.672. The van der Waals surface area contributed by atoms with Crippen molar-refractivity contribution in [3.8, 4) is 0 Å². The summed E-state index contributed by atoms with van der Waals surface area (Å²) >= 11 is 0. The number of hydrogen-bond donors (Lipinski definition) is 0. The van der Waals surface area contributed by atoms with Crippen LogP contribution in [0.15, 0.2) is 0 Å². The Morgan fingerprint density at radius 2 is 1.62 bits per heavy atom. The average Bonchev–Trinajstić information content (AvgIpc) is 2.14. The number of ether oxygens (including phenoxy) is 1. The van der Waals surface area contributed by atoms with E-state index in [2.05, 4.69) is 13.8 Å². The van der Waals surface area contributed by atoms with E-state index < -0.39 is 0 Å².